The number of nitrogens with one attached hydrogen (secondary N) is 1. The molecule has 0 aliphatic rings. The van der Waals surface area contributed by atoms with Crippen molar-refractivity contribution in [3.63, 3.8) is 0 Å². The van der Waals surface area contributed by atoms with E-state index in [1.165, 1.54) is 0 Å². The molecule has 6 heteroatoms. The zero-order valence-electron chi connectivity index (χ0n) is 10.3. The second-order valence-corrected chi connectivity index (χ2v) is 5.16. The maximum absolute atomic E-state index is 13.1. The van der Waals surface area contributed by atoms with Crippen molar-refractivity contribution in [2.45, 2.75) is 0 Å². The van der Waals surface area contributed by atoms with Gasteiger partial charge in [0.2, 0.25) is 0 Å². The standard InChI is InChI=1S/C14H10FN3OS/c15-9-6-11(13(16)17-7-9)14(19)18-10-1-2-12-8(5-10)3-4-20-12/h1-7H,(H2,16,17)(H,18,19). The molecule has 1 amide bonds. The van der Waals surface area contributed by atoms with Gasteiger partial charge in [-0.15, -0.1) is 11.3 Å². The van der Waals surface area contributed by atoms with Crippen LogP contribution in [0, 0.1) is 5.82 Å². The van der Waals surface area contributed by atoms with Crippen LogP contribution < -0.4 is 11.1 Å². The Morgan fingerprint density at radius 1 is 1.30 bits per heavy atom. The lowest BCUT2D eigenvalue weighted by Gasteiger charge is -2.07. The molecule has 0 unspecified atom stereocenters. The molecule has 0 aliphatic carbocycles. The molecular formula is C14H10FN3OS. The molecule has 0 spiro atoms. The molecule has 2 heterocycles. The average Bonchev–Trinajstić information content (AvgIpc) is 2.89. The molecule has 3 N–H and O–H groups in total. The first-order valence-corrected chi connectivity index (χ1v) is 6.71. The van der Waals surface area contributed by atoms with E-state index in [4.69, 9.17) is 5.73 Å². The highest BCUT2D eigenvalue weighted by Crippen LogP contribution is 2.24. The second kappa shape index (κ2) is 4.90. The first kappa shape index (κ1) is 12.6. The molecule has 20 heavy (non-hydrogen) atoms. The second-order valence-electron chi connectivity index (χ2n) is 4.21. The molecule has 0 saturated heterocycles. The molecule has 100 valence electrons. The number of nitrogens with zero attached hydrogens (tertiary/aromatic N) is 1. The van der Waals surface area contributed by atoms with E-state index in [0.29, 0.717) is 5.69 Å². The van der Waals surface area contributed by atoms with Crippen LogP contribution in [0.25, 0.3) is 10.1 Å². The van der Waals surface area contributed by atoms with Crippen molar-refractivity contribution in [2.75, 3.05) is 11.1 Å². The average molecular weight is 287 g/mol. The van der Waals surface area contributed by atoms with Crippen LogP contribution in [-0.2, 0) is 0 Å². The number of nitrogens with two attached hydrogens (primary N) is 1. The predicted molar refractivity (Wildman–Crippen MR) is 78.4 cm³/mol. The summed E-state index contributed by atoms with van der Waals surface area (Å²) in [5.74, 6) is -1.08. The van der Waals surface area contributed by atoms with Gasteiger partial charge in [0, 0.05) is 10.4 Å². The number of hydrogen-bond acceptors (Lipinski definition) is 4. The summed E-state index contributed by atoms with van der Waals surface area (Å²) in [5, 5.41) is 5.70. The first-order chi connectivity index (χ1) is 9.63. The summed E-state index contributed by atoms with van der Waals surface area (Å²) in [6.45, 7) is 0. The van der Waals surface area contributed by atoms with Gasteiger partial charge < -0.3 is 11.1 Å². The van der Waals surface area contributed by atoms with Gasteiger partial charge in [-0.25, -0.2) is 9.37 Å². The smallest absolute Gasteiger partial charge is 0.259 e. The van der Waals surface area contributed by atoms with E-state index in [-0.39, 0.29) is 11.4 Å². The normalized spacial score (nSPS) is 10.7. The van der Waals surface area contributed by atoms with Crippen LogP contribution in [0.1, 0.15) is 10.4 Å². The van der Waals surface area contributed by atoms with Crippen LogP contribution >= 0.6 is 11.3 Å². The Hall–Kier alpha value is -2.47. The number of rotatable bonds is 2. The number of aromatic nitrogens is 1. The van der Waals surface area contributed by atoms with Crippen molar-refractivity contribution >= 4 is 38.8 Å². The fourth-order valence-electron chi connectivity index (χ4n) is 1.87. The first-order valence-electron chi connectivity index (χ1n) is 5.83. The van der Waals surface area contributed by atoms with Gasteiger partial charge in [-0.3, -0.25) is 4.79 Å². The van der Waals surface area contributed by atoms with Gasteiger partial charge in [0.05, 0.1) is 11.8 Å². The van der Waals surface area contributed by atoms with Gasteiger partial charge in [0.1, 0.15) is 11.6 Å². The van der Waals surface area contributed by atoms with Crippen molar-refractivity contribution in [3.8, 4) is 0 Å². The van der Waals surface area contributed by atoms with Gasteiger partial charge in [-0.2, -0.15) is 0 Å². The Balaban J connectivity index is 1.89. The largest absolute Gasteiger partial charge is 0.383 e. The summed E-state index contributed by atoms with van der Waals surface area (Å²) < 4.78 is 14.3. The Morgan fingerprint density at radius 3 is 3.00 bits per heavy atom. The van der Waals surface area contributed by atoms with Crippen molar-refractivity contribution in [1.29, 1.82) is 0 Å². The van der Waals surface area contributed by atoms with Gasteiger partial charge in [-0.05, 0) is 41.1 Å². The Bertz CT molecular complexity index is 800. The molecule has 0 aliphatic heterocycles. The summed E-state index contributed by atoms with van der Waals surface area (Å²) in [5.41, 5.74) is 6.23. The van der Waals surface area contributed by atoms with Crippen LogP contribution in [0.15, 0.2) is 41.9 Å². The zero-order valence-corrected chi connectivity index (χ0v) is 11.1. The third-order valence-electron chi connectivity index (χ3n) is 2.84. The number of hydrogen-bond donors (Lipinski definition) is 2. The van der Waals surface area contributed by atoms with Crippen LogP contribution in [0.4, 0.5) is 15.9 Å². The molecule has 2 aromatic heterocycles. The third-order valence-corrected chi connectivity index (χ3v) is 3.74. The van der Waals surface area contributed by atoms with Crippen molar-refractivity contribution in [1.82, 2.24) is 4.98 Å². The number of carbonyl (C=O) groups is 1. The third kappa shape index (κ3) is 2.33. The van der Waals surface area contributed by atoms with Crippen LogP contribution in [0.5, 0.6) is 0 Å². The summed E-state index contributed by atoms with van der Waals surface area (Å²) in [4.78, 5) is 15.7. The molecule has 3 aromatic rings. The van der Waals surface area contributed by atoms with E-state index < -0.39 is 11.7 Å². The lowest BCUT2D eigenvalue weighted by atomic mass is 10.2. The highest BCUT2D eigenvalue weighted by Gasteiger charge is 2.12. The number of thiophene rings is 1. The van der Waals surface area contributed by atoms with Crippen molar-refractivity contribution in [3.05, 3.63) is 53.3 Å². The minimum absolute atomic E-state index is 0.000474. The minimum Gasteiger partial charge on any atom is -0.383 e. The van der Waals surface area contributed by atoms with Gasteiger partial charge in [-0.1, -0.05) is 0 Å². The molecule has 0 saturated carbocycles. The molecule has 4 nitrogen and oxygen atoms in total. The van der Waals surface area contributed by atoms with E-state index in [1.807, 2.05) is 23.6 Å². The van der Waals surface area contributed by atoms with Crippen molar-refractivity contribution < 1.29 is 9.18 Å². The fourth-order valence-corrected chi connectivity index (χ4v) is 2.65. The minimum atomic E-state index is -0.599. The van der Waals surface area contributed by atoms with Crippen molar-refractivity contribution in [2.24, 2.45) is 0 Å². The van der Waals surface area contributed by atoms with E-state index in [1.54, 1.807) is 17.4 Å². The Kier molecular flexibility index (Phi) is 3.08. The van der Waals surface area contributed by atoms with E-state index in [9.17, 15) is 9.18 Å². The van der Waals surface area contributed by atoms with E-state index in [2.05, 4.69) is 10.3 Å². The maximum atomic E-state index is 13.1. The Morgan fingerprint density at radius 2 is 2.15 bits per heavy atom. The van der Waals surface area contributed by atoms with E-state index in [0.717, 1.165) is 22.3 Å². The SMILES string of the molecule is Nc1ncc(F)cc1C(=O)Nc1ccc2sccc2c1. The molecule has 1 aromatic carbocycles. The monoisotopic (exact) mass is 287 g/mol. The topological polar surface area (TPSA) is 68.0 Å². The highest BCUT2D eigenvalue weighted by molar-refractivity contribution is 7.17. The number of halogens is 1. The maximum Gasteiger partial charge on any atom is 0.259 e. The quantitative estimate of drug-likeness (QED) is 0.760. The molecular weight excluding hydrogens is 277 g/mol. The van der Waals surface area contributed by atoms with Crippen LogP contribution in [-0.4, -0.2) is 10.9 Å². The number of pyridine rings is 1. The molecule has 0 atom stereocenters. The molecule has 0 fully saturated rings. The van der Waals surface area contributed by atoms with Crippen LogP contribution in [0.3, 0.4) is 0 Å². The fraction of sp³-hybridized carbons (Fsp3) is 0. The summed E-state index contributed by atoms with van der Waals surface area (Å²) in [6.07, 6.45) is 0.976. The highest BCUT2D eigenvalue weighted by atomic mass is 32.1. The van der Waals surface area contributed by atoms with E-state index >= 15 is 0 Å². The Labute approximate surface area is 118 Å². The molecule has 0 radical (unpaired) electrons. The number of fused-ring (bicyclic) bond motifs is 1. The molecule has 0 bridgehead atoms. The van der Waals surface area contributed by atoms with Gasteiger partial charge in [0.15, 0.2) is 0 Å². The zero-order chi connectivity index (χ0) is 14.1. The lowest BCUT2D eigenvalue weighted by molar-refractivity contribution is 0.102. The number of nitrogen functional groups attached to an aromatic ring is 1. The number of carbonyl (C=O) groups excluding carboxylic acids is 1. The van der Waals surface area contributed by atoms with Gasteiger partial charge >= 0.3 is 0 Å². The number of benzene rings is 1. The summed E-state index contributed by atoms with van der Waals surface area (Å²) in [6, 6.07) is 8.60. The summed E-state index contributed by atoms with van der Waals surface area (Å²) >= 11 is 1.62. The predicted octanol–water partition coefficient (Wildman–Crippen LogP) is 3.27. The number of amides is 1. The lowest BCUT2D eigenvalue weighted by Crippen LogP contribution is -2.15. The number of anilines is 2. The summed E-state index contributed by atoms with van der Waals surface area (Å²) in [7, 11) is 0. The van der Waals surface area contributed by atoms with Gasteiger partial charge in [0.25, 0.3) is 5.91 Å². The molecule has 3 rings (SSSR count). The van der Waals surface area contributed by atoms with Crippen LogP contribution in [0.2, 0.25) is 0 Å².